The number of anilines is 1. The van der Waals surface area contributed by atoms with Gasteiger partial charge in [0.2, 0.25) is 6.79 Å². The highest BCUT2D eigenvalue weighted by atomic mass is 16.7. The Kier molecular flexibility index (Phi) is 6.76. The van der Waals surface area contributed by atoms with Crippen LogP contribution in [0.15, 0.2) is 47.5 Å². The molecule has 7 heteroatoms. The van der Waals surface area contributed by atoms with Gasteiger partial charge in [0, 0.05) is 45.5 Å². The van der Waals surface area contributed by atoms with E-state index in [1.165, 1.54) is 0 Å². The maximum absolute atomic E-state index is 5.73. The van der Waals surface area contributed by atoms with Crippen LogP contribution in [-0.4, -0.2) is 40.1 Å². The van der Waals surface area contributed by atoms with Gasteiger partial charge in [-0.2, -0.15) is 0 Å². The molecule has 0 atom stereocenters. The quantitative estimate of drug-likeness (QED) is 0.422. The van der Waals surface area contributed by atoms with E-state index in [-0.39, 0.29) is 6.79 Å². The van der Waals surface area contributed by atoms with Crippen LogP contribution >= 0.6 is 0 Å². The molecule has 3 rings (SSSR count). The minimum absolute atomic E-state index is 0.277. The zero-order valence-electron chi connectivity index (χ0n) is 15.7. The molecule has 0 fully saturated rings. The molecule has 2 aromatic carbocycles. The fourth-order valence-electron chi connectivity index (χ4n) is 2.61. The van der Waals surface area contributed by atoms with Gasteiger partial charge in [0.15, 0.2) is 17.5 Å². The summed E-state index contributed by atoms with van der Waals surface area (Å²) in [5, 5.41) is 6.56. The maximum Gasteiger partial charge on any atom is 0.231 e. The van der Waals surface area contributed by atoms with Gasteiger partial charge < -0.3 is 29.6 Å². The van der Waals surface area contributed by atoms with E-state index in [9.17, 15) is 0 Å². The Bertz CT molecular complexity index is 780. The molecule has 144 valence electrons. The molecule has 1 aliphatic heterocycles. The number of hydrogen-bond acceptors (Lipinski definition) is 5. The summed E-state index contributed by atoms with van der Waals surface area (Å²) in [6.07, 6.45) is 0.854. The van der Waals surface area contributed by atoms with E-state index in [4.69, 9.17) is 18.9 Å². The third kappa shape index (κ3) is 5.52. The molecule has 0 amide bonds. The number of nitrogens with zero attached hydrogens (tertiary/aromatic N) is 1. The summed E-state index contributed by atoms with van der Waals surface area (Å²) in [6, 6.07) is 13.7. The number of fused-ring (bicyclic) bond motifs is 1. The van der Waals surface area contributed by atoms with Crippen LogP contribution in [0.2, 0.25) is 0 Å². The lowest BCUT2D eigenvalue weighted by Crippen LogP contribution is -2.30. The molecule has 0 spiro atoms. The van der Waals surface area contributed by atoms with Crippen LogP contribution in [0.5, 0.6) is 17.2 Å². The lowest BCUT2D eigenvalue weighted by molar-refractivity contribution is 0.172. The van der Waals surface area contributed by atoms with E-state index in [1.54, 1.807) is 14.2 Å². The summed E-state index contributed by atoms with van der Waals surface area (Å²) in [4.78, 5) is 4.27. The first-order valence-corrected chi connectivity index (χ1v) is 8.86. The van der Waals surface area contributed by atoms with Gasteiger partial charge in [0.25, 0.3) is 0 Å². The first-order valence-electron chi connectivity index (χ1n) is 8.86. The molecule has 0 saturated carbocycles. The SMILES string of the molecule is CN=C(NCc1ccc2c(c1)OCO2)Nc1cccc(OCCCOC)c1. The van der Waals surface area contributed by atoms with Crippen LogP contribution in [0.3, 0.4) is 0 Å². The molecule has 0 saturated heterocycles. The molecule has 0 aromatic heterocycles. The predicted molar refractivity (Wildman–Crippen MR) is 105 cm³/mol. The number of benzene rings is 2. The molecule has 7 nitrogen and oxygen atoms in total. The van der Waals surface area contributed by atoms with Crippen LogP contribution in [0.1, 0.15) is 12.0 Å². The second kappa shape index (κ2) is 9.68. The monoisotopic (exact) mass is 371 g/mol. The maximum atomic E-state index is 5.73. The average Bonchev–Trinajstić information content (AvgIpc) is 3.16. The number of methoxy groups -OCH3 is 1. The summed E-state index contributed by atoms with van der Waals surface area (Å²) >= 11 is 0. The van der Waals surface area contributed by atoms with Crippen LogP contribution in [0, 0.1) is 0 Å². The second-order valence-electron chi connectivity index (χ2n) is 5.96. The predicted octanol–water partition coefficient (Wildman–Crippen LogP) is 3.02. The lowest BCUT2D eigenvalue weighted by atomic mass is 10.2. The number of nitrogens with one attached hydrogen (secondary N) is 2. The largest absolute Gasteiger partial charge is 0.493 e. The Morgan fingerprint density at radius 3 is 2.85 bits per heavy atom. The molecular weight excluding hydrogens is 346 g/mol. The minimum Gasteiger partial charge on any atom is -0.493 e. The Hall–Kier alpha value is -2.93. The summed E-state index contributed by atoms with van der Waals surface area (Å²) in [5.74, 6) is 3.03. The van der Waals surface area contributed by atoms with Crippen molar-refractivity contribution in [2.45, 2.75) is 13.0 Å². The van der Waals surface area contributed by atoms with Crippen LogP contribution in [0.25, 0.3) is 0 Å². The standard InChI is InChI=1S/C20H25N3O4/c1-21-20(22-13-15-7-8-18-19(11-15)27-14-26-18)23-16-5-3-6-17(12-16)25-10-4-9-24-2/h3,5-8,11-12H,4,9-10,13-14H2,1-2H3,(H2,21,22,23). The topological polar surface area (TPSA) is 73.3 Å². The fourth-order valence-corrected chi connectivity index (χ4v) is 2.61. The highest BCUT2D eigenvalue weighted by Crippen LogP contribution is 2.32. The summed E-state index contributed by atoms with van der Waals surface area (Å²) < 4.78 is 21.5. The molecule has 27 heavy (non-hydrogen) atoms. The van der Waals surface area contributed by atoms with E-state index in [1.807, 2.05) is 42.5 Å². The van der Waals surface area contributed by atoms with Crippen molar-refractivity contribution in [3.63, 3.8) is 0 Å². The molecule has 1 aliphatic rings. The van der Waals surface area contributed by atoms with Crippen molar-refractivity contribution in [3.05, 3.63) is 48.0 Å². The fraction of sp³-hybridized carbons (Fsp3) is 0.350. The molecule has 2 aromatic rings. The smallest absolute Gasteiger partial charge is 0.231 e. The molecule has 0 unspecified atom stereocenters. The molecule has 2 N–H and O–H groups in total. The van der Waals surface area contributed by atoms with Crippen LogP contribution in [0.4, 0.5) is 5.69 Å². The van der Waals surface area contributed by atoms with E-state index < -0.39 is 0 Å². The number of aliphatic imine (C=N–C) groups is 1. The van der Waals surface area contributed by atoms with Crippen LogP contribution in [-0.2, 0) is 11.3 Å². The summed E-state index contributed by atoms with van der Waals surface area (Å²) in [6.45, 7) is 2.20. The summed E-state index contributed by atoms with van der Waals surface area (Å²) in [7, 11) is 3.42. The average molecular weight is 371 g/mol. The van der Waals surface area contributed by atoms with Gasteiger partial charge in [-0.05, 0) is 29.8 Å². The van der Waals surface area contributed by atoms with Crippen molar-refractivity contribution < 1.29 is 18.9 Å². The third-order valence-corrected chi connectivity index (χ3v) is 3.98. The lowest BCUT2D eigenvalue weighted by Gasteiger charge is -2.13. The third-order valence-electron chi connectivity index (χ3n) is 3.98. The number of ether oxygens (including phenoxy) is 4. The van der Waals surface area contributed by atoms with E-state index >= 15 is 0 Å². The highest BCUT2D eigenvalue weighted by Gasteiger charge is 2.13. The van der Waals surface area contributed by atoms with Crippen molar-refractivity contribution in [2.24, 2.45) is 4.99 Å². The Labute approximate surface area is 159 Å². The van der Waals surface area contributed by atoms with Gasteiger partial charge in [-0.15, -0.1) is 0 Å². The Morgan fingerprint density at radius 1 is 1.11 bits per heavy atom. The van der Waals surface area contributed by atoms with Crippen molar-refractivity contribution in [1.82, 2.24) is 5.32 Å². The zero-order chi connectivity index (χ0) is 18.9. The van der Waals surface area contributed by atoms with Crippen molar-refractivity contribution in [2.75, 3.05) is 39.5 Å². The van der Waals surface area contributed by atoms with E-state index in [0.29, 0.717) is 25.7 Å². The van der Waals surface area contributed by atoms with Crippen molar-refractivity contribution in [1.29, 1.82) is 0 Å². The van der Waals surface area contributed by atoms with Gasteiger partial charge in [0.05, 0.1) is 6.61 Å². The van der Waals surface area contributed by atoms with Gasteiger partial charge in [-0.3, -0.25) is 4.99 Å². The molecule has 0 radical (unpaired) electrons. The first kappa shape index (κ1) is 18.8. The van der Waals surface area contributed by atoms with Crippen LogP contribution < -0.4 is 24.8 Å². The van der Waals surface area contributed by atoms with Crippen molar-refractivity contribution >= 4 is 11.6 Å². The number of guanidine groups is 1. The second-order valence-corrected chi connectivity index (χ2v) is 5.96. The normalized spacial score (nSPS) is 12.7. The minimum atomic E-state index is 0.277. The molecular formula is C20H25N3O4. The Morgan fingerprint density at radius 2 is 2.00 bits per heavy atom. The first-order chi connectivity index (χ1) is 13.3. The molecule has 0 bridgehead atoms. The van der Waals surface area contributed by atoms with Crippen molar-refractivity contribution in [3.8, 4) is 17.2 Å². The van der Waals surface area contributed by atoms with Gasteiger partial charge in [0.1, 0.15) is 5.75 Å². The number of hydrogen-bond donors (Lipinski definition) is 2. The van der Waals surface area contributed by atoms with Gasteiger partial charge >= 0.3 is 0 Å². The Balaban J connectivity index is 1.52. The van der Waals surface area contributed by atoms with Gasteiger partial charge in [-0.25, -0.2) is 0 Å². The van der Waals surface area contributed by atoms with Gasteiger partial charge in [-0.1, -0.05) is 12.1 Å². The number of rotatable bonds is 8. The van der Waals surface area contributed by atoms with E-state index in [2.05, 4.69) is 15.6 Å². The molecule has 0 aliphatic carbocycles. The molecule has 1 heterocycles. The van der Waals surface area contributed by atoms with E-state index in [0.717, 1.165) is 34.9 Å². The highest BCUT2D eigenvalue weighted by molar-refractivity contribution is 5.93. The summed E-state index contributed by atoms with van der Waals surface area (Å²) in [5.41, 5.74) is 1.98. The zero-order valence-corrected chi connectivity index (χ0v) is 15.7.